The molecular weight excluding hydrogens is 529 g/mol. The van der Waals surface area contributed by atoms with Crippen LogP contribution in [0.3, 0.4) is 0 Å². The Balaban J connectivity index is 2.46. The van der Waals surface area contributed by atoms with Gasteiger partial charge in [0.2, 0.25) is 0 Å². The zero-order valence-electron chi connectivity index (χ0n) is 26.6. The van der Waals surface area contributed by atoms with Gasteiger partial charge in [0.15, 0.2) is 18.1 Å². The number of aryl methyl sites for hydroxylation is 1. The zero-order chi connectivity index (χ0) is 30.1. The summed E-state index contributed by atoms with van der Waals surface area (Å²) in [5.41, 5.74) is 5.51. The fourth-order valence-electron chi connectivity index (χ4n) is 4.88. The predicted molar refractivity (Wildman–Crippen MR) is 173 cm³/mol. The highest BCUT2D eigenvalue weighted by atomic mass is 28.3. The van der Waals surface area contributed by atoms with Gasteiger partial charge in [0.1, 0.15) is 0 Å². The molecule has 0 heterocycles. The van der Waals surface area contributed by atoms with E-state index >= 15 is 0 Å². The van der Waals surface area contributed by atoms with Crippen LogP contribution in [0, 0.1) is 22.7 Å². The average molecular weight is 581 g/mol. The van der Waals surface area contributed by atoms with E-state index in [0.717, 1.165) is 36.8 Å². The highest BCUT2D eigenvalue weighted by Crippen LogP contribution is 2.45. The van der Waals surface area contributed by atoms with Crippen LogP contribution in [0.5, 0.6) is 0 Å². The van der Waals surface area contributed by atoms with Gasteiger partial charge in [-0.25, -0.2) is 0 Å². The van der Waals surface area contributed by atoms with E-state index in [2.05, 4.69) is 122 Å². The van der Waals surface area contributed by atoms with Crippen LogP contribution in [0.2, 0.25) is 26.2 Å². The second-order valence-corrected chi connectivity index (χ2v) is 18.3. The third-order valence-corrected chi connectivity index (χ3v) is 8.31. The quantitative estimate of drug-likeness (QED) is 0.155. The Kier molecular flexibility index (Phi) is 12.9. The van der Waals surface area contributed by atoms with Crippen molar-refractivity contribution in [3.63, 3.8) is 0 Å². The Morgan fingerprint density at radius 3 is 1.85 bits per heavy atom. The first-order chi connectivity index (χ1) is 18.6. The molecule has 2 aromatic rings. The van der Waals surface area contributed by atoms with Gasteiger partial charge in [-0.2, -0.15) is 0 Å². The number of hydrogen-bond acceptors (Lipinski definition) is 3. The molecule has 0 aliphatic heterocycles. The molecular formula is C34H52O4Si2. The molecule has 2 aromatic carbocycles. The van der Waals surface area contributed by atoms with Crippen molar-refractivity contribution in [1.82, 2.24) is 0 Å². The zero-order valence-corrected chi connectivity index (χ0v) is 28.9. The molecule has 1 N–H and O–H groups in total. The Morgan fingerprint density at radius 1 is 0.775 bits per heavy atom. The van der Waals surface area contributed by atoms with E-state index in [0.29, 0.717) is 0 Å². The molecule has 4 nitrogen and oxygen atoms in total. The molecule has 0 amide bonds. The van der Waals surface area contributed by atoms with Gasteiger partial charge in [-0.3, -0.25) is 4.79 Å². The lowest BCUT2D eigenvalue weighted by Crippen LogP contribution is -2.31. The molecule has 220 valence electrons. The molecule has 0 aliphatic rings. The minimum absolute atomic E-state index is 0.00867. The van der Waals surface area contributed by atoms with Crippen molar-refractivity contribution in [3.05, 3.63) is 70.3 Å². The molecule has 0 radical (unpaired) electrons. The lowest BCUT2D eigenvalue weighted by Gasteiger charge is -2.39. The minimum atomic E-state index is -1.32. The van der Waals surface area contributed by atoms with Gasteiger partial charge in [0.05, 0.1) is 12.2 Å². The third kappa shape index (κ3) is 11.4. The topological polar surface area (TPSA) is 55.8 Å². The second-order valence-electron chi connectivity index (χ2n) is 13.6. The average Bonchev–Trinajstić information content (AvgIpc) is 2.83. The maximum atomic E-state index is 10.7. The van der Waals surface area contributed by atoms with Crippen molar-refractivity contribution in [3.8, 4) is 11.8 Å². The Labute approximate surface area is 247 Å². The smallest absolute Gasteiger partial charge is 0.303 e. The molecule has 2 rings (SSSR count). The molecule has 0 fully saturated rings. The van der Waals surface area contributed by atoms with Gasteiger partial charge in [0.25, 0.3) is 0 Å². The third-order valence-electron chi connectivity index (χ3n) is 6.68. The van der Waals surface area contributed by atoms with E-state index in [-0.39, 0.29) is 29.5 Å². The van der Waals surface area contributed by atoms with Crippen molar-refractivity contribution in [2.45, 2.75) is 112 Å². The molecule has 6 heteroatoms. The van der Waals surface area contributed by atoms with Gasteiger partial charge < -0.3 is 14.0 Å². The van der Waals surface area contributed by atoms with E-state index in [9.17, 15) is 4.79 Å². The summed E-state index contributed by atoms with van der Waals surface area (Å²) in [6, 6.07) is 15.0. The van der Waals surface area contributed by atoms with Crippen molar-refractivity contribution in [1.29, 1.82) is 0 Å². The highest BCUT2D eigenvalue weighted by Gasteiger charge is 2.35. The van der Waals surface area contributed by atoms with Gasteiger partial charge in [0, 0.05) is 17.5 Å². The van der Waals surface area contributed by atoms with Gasteiger partial charge in [-0.15, -0.1) is 0 Å². The van der Waals surface area contributed by atoms with Crippen LogP contribution in [0.15, 0.2) is 42.5 Å². The fourth-order valence-corrected chi connectivity index (χ4v) is 7.08. The summed E-state index contributed by atoms with van der Waals surface area (Å²) in [5, 5.41) is 8.83. The van der Waals surface area contributed by atoms with Crippen LogP contribution in [0.25, 0.3) is 0 Å². The summed E-state index contributed by atoms with van der Waals surface area (Å²) >= 11 is 0. The van der Waals surface area contributed by atoms with E-state index < -0.39 is 24.0 Å². The van der Waals surface area contributed by atoms with Crippen LogP contribution >= 0.6 is 0 Å². The van der Waals surface area contributed by atoms with Gasteiger partial charge >= 0.3 is 5.97 Å². The number of rotatable bonds is 12. The van der Waals surface area contributed by atoms with Crippen molar-refractivity contribution in [2.24, 2.45) is 10.8 Å². The van der Waals surface area contributed by atoms with Crippen LogP contribution in [-0.4, -0.2) is 29.2 Å². The van der Waals surface area contributed by atoms with Crippen LogP contribution in [0.4, 0.5) is 0 Å². The predicted octanol–water partition coefficient (Wildman–Crippen LogP) is 8.45. The number of aliphatic carboxylic acids is 1. The molecule has 0 saturated carbocycles. The molecule has 0 aliphatic carbocycles. The van der Waals surface area contributed by atoms with Gasteiger partial charge in [-0.05, 0) is 97.2 Å². The molecule has 2 atom stereocenters. The summed E-state index contributed by atoms with van der Waals surface area (Å²) in [6.45, 7) is 22.5. The SMILES string of the molecule is C[SiH](C)OC(c1ccc(C#Cc2cccc(CCCCCC(=O)O)c2)cc1C(O[SiH](C)C)C(C)(C)C)C(C)(C)C. The standard InChI is InChI=1S/C34H52O4Si2/c1-33(2,3)31(37-39(7)8)28-22-21-27(24-29(28)32(34(4,5)6)38-40(9)10)20-19-26-17-14-16-25(23-26)15-12-11-13-18-30(35)36/h14,16-17,21-24,31-32,39-40H,11-13,15,18H2,1-10H3,(H,35,36). The number of carboxylic acids is 1. The fraction of sp³-hybridized carbons (Fsp3) is 0.559. The van der Waals surface area contributed by atoms with Crippen LogP contribution < -0.4 is 0 Å². The summed E-state index contributed by atoms with van der Waals surface area (Å²) < 4.78 is 13.4. The molecule has 40 heavy (non-hydrogen) atoms. The van der Waals surface area contributed by atoms with Crippen molar-refractivity contribution < 1.29 is 18.8 Å². The van der Waals surface area contributed by atoms with Gasteiger partial charge in [-0.1, -0.05) is 78.0 Å². The van der Waals surface area contributed by atoms with Crippen LogP contribution in [-0.2, 0) is 20.1 Å². The molecule has 2 unspecified atom stereocenters. The first-order valence-corrected chi connectivity index (χ1v) is 20.4. The number of unbranched alkanes of at least 4 members (excludes halogenated alkanes) is 2. The number of hydrogen-bond donors (Lipinski definition) is 1. The molecule has 0 aromatic heterocycles. The maximum absolute atomic E-state index is 10.7. The normalized spacial score (nSPS) is 13.7. The molecule has 0 bridgehead atoms. The molecule has 0 spiro atoms. The summed E-state index contributed by atoms with van der Waals surface area (Å²) in [6.07, 6.45) is 3.77. The van der Waals surface area contributed by atoms with E-state index in [1.807, 2.05) is 0 Å². The van der Waals surface area contributed by atoms with E-state index in [4.69, 9.17) is 14.0 Å². The number of carboxylic acid groups (broad SMARTS) is 1. The summed E-state index contributed by atoms with van der Waals surface area (Å²) in [7, 11) is -2.62. The second kappa shape index (κ2) is 15.2. The van der Waals surface area contributed by atoms with E-state index in [1.54, 1.807) is 0 Å². The number of carbonyl (C=O) groups is 1. The summed E-state index contributed by atoms with van der Waals surface area (Å²) in [4.78, 5) is 10.7. The Hall–Kier alpha value is -2.18. The van der Waals surface area contributed by atoms with Crippen molar-refractivity contribution >= 4 is 24.0 Å². The Bertz CT molecular complexity index is 1160. The van der Waals surface area contributed by atoms with Crippen LogP contribution in [0.1, 0.15) is 107 Å². The molecule has 0 saturated heterocycles. The highest BCUT2D eigenvalue weighted by molar-refractivity contribution is 6.48. The lowest BCUT2D eigenvalue weighted by atomic mass is 9.77. The monoisotopic (exact) mass is 580 g/mol. The van der Waals surface area contributed by atoms with E-state index in [1.165, 1.54) is 16.7 Å². The first-order valence-electron chi connectivity index (χ1n) is 14.9. The maximum Gasteiger partial charge on any atom is 0.303 e. The number of benzene rings is 2. The van der Waals surface area contributed by atoms with Crippen molar-refractivity contribution in [2.75, 3.05) is 0 Å². The lowest BCUT2D eigenvalue weighted by molar-refractivity contribution is -0.137. The summed E-state index contributed by atoms with van der Waals surface area (Å²) in [5.74, 6) is 6.10. The first kappa shape index (κ1) is 34.0. The Morgan fingerprint density at radius 2 is 1.32 bits per heavy atom. The largest absolute Gasteiger partial charge is 0.481 e. The minimum Gasteiger partial charge on any atom is -0.481 e.